The van der Waals surface area contributed by atoms with Crippen molar-refractivity contribution in [1.82, 2.24) is 10.2 Å². The van der Waals surface area contributed by atoms with E-state index in [1.807, 2.05) is 0 Å². The fraction of sp³-hybridized carbons (Fsp3) is 0.333. The molecule has 1 fully saturated rings. The van der Waals surface area contributed by atoms with Crippen LogP contribution < -0.4 is 5.32 Å². The van der Waals surface area contributed by atoms with Gasteiger partial charge in [0.1, 0.15) is 5.75 Å². The molecule has 2 aromatic rings. The molecule has 3 rings (SSSR count). The van der Waals surface area contributed by atoms with Gasteiger partial charge in [-0.3, -0.25) is 0 Å². The topological polar surface area (TPSA) is 89.6 Å². The number of ether oxygens (including phenoxy) is 2. The molecule has 1 unspecified atom stereocenters. The summed E-state index contributed by atoms with van der Waals surface area (Å²) in [5.41, 5.74) is 0.663. The first-order valence-corrected chi connectivity index (χ1v) is 5.90. The van der Waals surface area contributed by atoms with Crippen LogP contribution in [0.4, 0.5) is 11.7 Å². The molecule has 2 heterocycles. The molecule has 0 aliphatic carbocycles. The number of rotatable bonds is 3. The van der Waals surface area contributed by atoms with Crippen molar-refractivity contribution < 1.29 is 19.0 Å². The van der Waals surface area contributed by atoms with Gasteiger partial charge >= 0.3 is 6.01 Å². The van der Waals surface area contributed by atoms with Crippen LogP contribution in [0.15, 0.2) is 28.7 Å². The van der Waals surface area contributed by atoms with Gasteiger partial charge in [0, 0.05) is 11.8 Å². The molecule has 0 amide bonds. The van der Waals surface area contributed by atoms with Gasteiger partial charge in [-0.1, -0.05) is 11.2 Å². The highest BCUT2D eigenvalue weighted by molar-refractivity contribution is 5.54. The summed E-state index contributed by atoms with van der Waals surface area (Å²) in [6, 6.07) is 6.88. The first-order chi connectivity index (χ1) is 9.31. The average molecular weight is 263 g/mol. The van der Waals surface area contributed by atoms with Crippen LogP contribution in [0.25, 0.3) is 0 Å². The van der Waals surface area contributed by atoms with Crippen molar-refractivity contribution in [3.63, 3.8) is 0 Å². The second-order valence-electron chi connectivity index (χ2n) is 4.06. The summed E-state index contributed by atoms with van der Waals surface area (Å²) in [6.45, 7) is 1.51. The third-order valence-corrected chi connectivity index (χ3v) is 2.63. The van der Waals surface area contributed by atoms with Crippen LogP contribution >= 0.6 is 0 Å². The van der Waals surface area contributed by atoms with Gasteiger partial charge in [0.2, 0.25) is 5.89 Å². The number of phenolic OH excluding ortho intramolecular Hbond substituents is 1. The molecular weight excluding hydrogens is 250 g/mol. The van der Waals surface area contributed by atoms with E-state index in [1.165, 1.54) is 0 Å². The number of nitrogens with one attached hydrogen (secondary N) is 1. The van der Waals surface area contributed by atoms with Crippen molar-refractivity contribution in [2.75, 3.05) is 25.1 Å². The van der Waals surface area contributed by atoms with Crippen molar-refractivity contribution in [1.29, 1.82) is 0 Å². The van der Waals surface area contributed by atoms with Crippen molar-refractivity contribution in [3.8, 4) is 5.75 Å². The number of benzene rings is 1. The van der Waals surface area contributed by atoms with Gasteiger partial charge in [0.05, 0.1) is 19.8 Å². The molecule has 1 aliphatic rings. The van der Waals surface area contributed by atoms with Gasteiger partial charge < -0.3 is 24.3 Å². The minimum atomic E-state index is -0.319. The highest BCUT2D eigenvalue weighted by Crippen LogP contribution is 2.23. The lowest BCUT2D eigenvalue weighted by Crippen LogP contribution is -2.22. The summed E-state index contributed by atoms with van der Waals surface area (Å²) in [4.78, 5) is 0. The summed E-state index contributed by atoms with van der Waals surface area (Å²) >= 11 is 0. The Morgan fingerprint density at radius 3 is 3.00 bits per heavy atom. The Labute approximate surface area is 109 Å². The van der Waals surface area contributed by atoms with E-state index >= 15 is 0 Å². The van der Waals surface area contributed by atoms with E-state index in [-0.39, 0.29) is 17.9 Å². The molecule has 7 heteroatoms. The van der Waals surface area contributed by atoms with E-state index < -0.39 is 0 Å². The van der Waals surface area contributed by atoms with Crippen LogP contribution in [-0.2, 0) is 9.47 Å². The third kappa shape index (κ3) is 2.83. The van der Waals surface area contributed by atoms with Gasteiger partial charge in [-0.25, -0.2) is 0 Å². The molecular formula is C12H13N3O4. The third-order valence-electron chi connectivity index (χ3n) is 2.63. The number of hydrogen-bond acceptors (Lipinski definition) is 7. The van der Waals surface area contributed by atoms with Gasteiger partial charge in [0.25, 0.3) is 0 Å². The van der Waals surface area contributed by atoms with E-state index in [2.05, 4.69) is 15.5 Å². The largest absolute Gasteiger partial charge is 0.508 e. The Bertz CT molecular complexity index is 551. The minimum Gasteiger partial charge on any atom is -0.508 e. The Morgan fingerprint density at radius 1 is 1.26 bits per heavy atom. The maximum absolute atomic E-state index is 9.36. The zero-order valence-corrected chi connectivity index (χ0v) is 10.1. The molecule has 1 aliphatic heterocycles. The average Bonchev–Trinajstić information content (AvgIpc) is 2.88. The zero-order valence-electron chi connectivity index (χ0n) is 10.1. The normalized spacial score (nSPS) is 19.3. The molecule has 0 spiro atoms. The number of aromatic hydroxyl groups is 1. The molecule has 0 saturated carbocycles. The molecule has 100 valence electrons. The van der Waals surface area contributed by atoms with Crippen LogP contribution in [0.5, 0.6) is 5.75 Å². The Kier molecular flexibility index (Phi) is 3.30. The Balaban J connectivity index is 1.70. The lowest BCUT2D eigenvalue weighted by Gasteiger charge is -2.19. The standard InChI is InChI=1S/C12H13N3O4/c16-9-3-1-2-8(6-9)13-12-15-14-11(19-12)10-7-17-4-5-18-10/h1-3,6,10,16H,4-5,7H2,(H,13,15). The number of anilines is 2. The Hall–Kier alpha value is -2.12. The SMILES string of the molecule is Oc1cccc(Nc2nnc(C3COCCO3)o2)c1. The maximum Gasteiger partial charge on any atom is 0.320 e. The van der Waals surface area contributed by atoms with Crippen molar-refractivity contribution in [2.45, 2.75) is 6.10 Å². The first kappa shape index (κ1) is 11.9. The number of nitrogens with zero attached hydrogens (tertiary/aromatic N) is 2. The Morgan fingerprint density at radius 2 is 2.21 bits per heavy atom. The molecule has 0 bridgehead atoms. The van der Waals surface area contributed by atoms with Crippen LogP contribution in [0, 0.1) is 0 Å². The maximum atomic E-state index is 9.36. The molecule has 7 nitrogen and oxygen atoms in total. The predicted octanol–water partition coefficient (Wildman–Crippen LogP) is 1.61. The van der Waals surface area contributed by atoms with Crippen LogP contribution in [0.2, 0.25) is 0 Å². The second-order valence-corrected chi connectivity index (χ2v) is 4.06. The van der Waals surface area contributed by atoms with Gasteiger partial charge in [0.15, 0.2) is 6.10 Å². The van der Waals surface area contributed by atoms with E-state index in [1.54, 1.807) is 24.3 Å². The summed E-state index contributed by atoms with van der Waals surface area (Å²) in [5, 5.41) is 20.0. The summed E-state index contributed by atoms with van der Waals surface area (Å²) in [7, 11) is 0. The van der Waals surface area contributed by atoms with E-state index in [4.69, 9.17) is 13.9 Å². The monoisotopic (exact) mass is 263 g/mol. The van der Waals surface area contributed by atoms with Crippen LogP contribution in [0.1, 0.15) is 12.0 Å². The van der Waals surface area contributed by atoms with E-state index in [0.717, 1.165) is 0 Å². The fourth-order valence-electron chi connectivity index (χ4n) is 1.75. The smallest absolute Gasteiger partial charge is 0.320 e. The molecule has 1 atom stereocenters. The van der Waals surface area contributed by atoms with Crippen LogP contribution in [0.3, 0.4) is 0 Å². The summed E-state index contributed by atoms with van der Waals surface area (Å²) < 4.78 is 16.2. The lowest BCUT2D eigenvalue weighted by molar-refractivity contribution is -0.0994. The quantitative estimate of drug-likeness (QED) is 0.869. The summed E-state index contributed by atoms with van der Waals surface area (Å²) in [5.74, 6) is 0.538. The number of phenols is 1. The fourth-order valence-corrected chi connectivity index (χ4v) is 1.75. The zero-order chi connectivity index (χ0) is 13.1. The predicted molar refractivity (Wildman–Crippen MR) is 65.2 cm³/mol. The first-order valence-electron chi connectivity index (χ1n) is 5.90. The van der Waals surface area contributed by atoms with Gasteiger partial charge in [-0.2, -0.15) is 0 Å². The molecule has 2 N–H and O–H groups in total. The molecule has 0 radical (unpaired) electrons. The lowest BCUT2D eigenvalue weighted by atomic mass is 10.3. The molecule has 1 aromatic carbocycles. The van der Waals surface area contributed by atoms with Crippen molar-refractivity contribution in [3.05, 3.63) is 30.2 Å². The van der Waals surface area contributed by atoms with Crippen molar-refractivity contribution in [2.24, 2.45) is 0 Å². The highest BCUT2D eigenvalue weighted by atomic mass is 16.6. The van der Waals surface area contributed by atoms with Gasteiger partial charge in [-0.05, 0) is 12.1 Å². The second kappa shape index (κ2) is 5.25. The van der Waals surface area contributed by atoms with Crippen molar-refractivity contribution >= 4 is 11.7 Å². The molecule has 1 aromatic heterocycles. The number of aromatic nitrogens is 2. The minimum absolute atomic E-state index is 0.161. The van der Waals surface area contributed by atoms with Crippen LogP contribution in [-0.4, -0.2) is 35.1 Å². The van der Waals surface area contributed by atoms with Gasteiger partial charge in [-0.15, -0.1) is 5.10 Å². The van der Waals surface area contributed by atoms with E-state index in [9.17, 15) is 5.11 Å². The van der Waals surface area contributed by atoms with E-state index in [0.29, 0.717) is 31.4 Å². The molecule has 1 saturated heterocycles. The molecule has 19 heavy (non-hydrogen) atoms. The highest BCUT2D eigenvalue weighted by Gasteiger charge is 2.22. The number of hydrogen-bond donors (Lipinski definition) is 2. The summed E-state index contributed by atoms with van der Waals surface area (Å²) in [6.07, 6.45) is -0.319.